The number of hydrogen-bond donors (Lipinski definition) is 1. The number of benzene rings is 1. The van der Waals surface area contributed by atoms with Gasteiger partial charge in [-0.25, -0.2) is 0 Å². The van der Waals surface area contributed by atoms with Crippen molar-refractivity contribution in [3.05, 3.63) is 26.1 Å². The van der Waals surface area contributed by atoms with Crippen molar-refractivity contribution in [1.29, 1.82) is 0 Å². The second-order valence-corrected chi connectivity index (χ2v) is 4.20. The van der Waals surface area contributed by atoms with Crippen molar-refractivity contribution in [2.24, 2.45) is 0 Å². The minimum Gasteiger partial charge on any atom is -0.142 e. The van der Waals surface area contributed by atoms with E-state index in [0.717, 1.165) is 13.8 Å². The van der Waals surface area contributed by atoms with Crippen LogP contribution in [0.3, 0.4) is 0 Å². The molecular formula is C6H3Br2ClS. The van der Waals surface area contributed by atoms with Gasteiger partial charge < -0.3 is 0 Å². The lowest BCUT2D eigenvalue weighted by molar-refractivity contribution is 1.40. The van der Waals surface area contributed by atoms with Gasteiger partial charge in [-0.1, -0.05) is 11.6 Å². The maximum atomic E-state index is 5.84. The molecule has 0 unspecified atom stereocenters. The molecule has 1 aromatic carbocycles. The van der Waals surface area contributed by atoms with Crippen molar-refractivity contribution in [3.63, 3.8) is 0 Å². The van der Waals surface area contributed by atoms with Crippen molar-refractivity contribution in [2.45, 2.75) is 4.90 Å². The Morgan fingerprint density at radius 2 is 1.90 bits per heavy atom. The van der Waals surface area contributed by atoms with Crippen molar-refractivity contribution < 1.29 is 0 Å². The lowest BCUT2D eigenvalue weighted by Crippen LogP contribution is -1.73. The lowest BCUT2D eigenvalue weighted by atomic mass is 10.4. The average Bonchev–Trinajstić information content (AvgIpc) is 1.93. The maximum Gasteiger partial charge on any atom is 0.0701 e. The van der Waals surface area contributed by atoms with Crippen molar-refractivity contribution in [3.8, 4) is 0 Å². The fourth-order valence-corrected chi connectivity index (χ4v) is 1.87. The average molecular weight is 302 g/mol. The summed E-state index contributed by atoms with van der Waals surface area (Å²) in [6, 6.07) is 3.72. The Hall–Kier alpha value is 0.820. The Morgan fingerprint density at radius 1 is 1.30 bits per heavy atom. The van der Waals surface area contributed by atoms with Crippen LogP contribution in [-0.2, 0) is 0 Å². The van der Waals surface area contributed by atoms with E-state index >= 15 is 0 Å². The Bertz CT molecular complexity index is 235. The molecule has 0 bridgehead atoms. The third kappa shape index (κ3) is 1.70. The van der Waals surface area contributed by atoms with E-state index in [1.165, 1.54) is 0 Å². The van der Waals surface area contributed by atoms with Gasteiger partial charge in [0.1, 0.15) is 0 Å². The monoisotopic (exact) mass is 300 g/mol. The summed E-state index contributed by atoms with van der Waals surface area (Å²) >= 11 is 16.6. The van der Waals surface area contributed by atoms with Crippen LogP contribution in [0.5, 0.6) is 0 Å². The number of halogens is 3. The molecular weight excluding hydrogens is 299 g/mol. The second kappa shape index (κ2) is 3.48. The zero-order chi connectivity index (χ0) is 7.72. The molecule has 0 nitrogen and oxygen atoms in total. The molecule has 1 aromatic rings. The van der Waals surface area contributed by atoms with Gasteiger partial charge in [-0.3, -0.25) is 0 Å². The molecule has 10 heavy (non-hydrogen) atoms. The van der Waals surface area contributed by atoms with Gasteiger partial charge in [-0.15, -0.1) is 12.6 Å². The first-order chi connectivity index (χ1) is 4.63. The van der Waals surface area contributed by atoms with Crippen LogP contribution in [0.1, 0.15) is 0 Å². The summed E-state index contributed by atoms with van der Waals surface area (Å²) in [5.74, 6) is 0. The fraction of sp³-hybridized carbons (Fsp3) is 0. The van der Waals surface area contributed by atoms with Crippen LogP contribution in [0, 0.1) is 0 Å². The van der Waals surface area contributed by atoms with E-state index in [9.17, 15) is 0 Å². The molecule has 0 aromatic heterocycles. The predicted octanol–water partition coefficient (Wildman–Crippen LogP) is 4.15. The summed E-state index contributed by atoms with van der Waals surface area (Å²) in [4.78, 5) is 0.841. The predicted molar refractivity (Wildman–Crippen MR) is 54.1 cm³/mol. The van der Waals surface area contributed by atoms with Crippen molar-refractivity contribution in [1.82, 2.24) is 0 Å². The van der Waals surface area contributed by atoms with E-state index < -0.39 is 0 Å². The molecule has 0 amide bonds. The topological polar surface area (TPSA) is 0 Å². The summed E-state index contributed by atoms with van der Waals surface area (Å²) in [5, 5.41) is 0.660. The first-order valence-electron chi connectivity index (χ1n) is 2.45. The highest BCUT2D eigenvalue weighted by atomic mass is 79.9. The van der Waals surface area contributed by atoms with E-state index in [4.69, 9.17) is 11.6 Å². The molecule has 1 rings (SSSR count). The van der Waals surface area contributed by atoms with E-state index in [2.05, 4.69) is 44.5 Å². The highest BCUT2D eigenvalue weighted by Gasteiger charge is 2.03. The van der Waals surface area contributed by atoms with Gasteiger partial charge in [0.25, 0.3) is 0 Å². The molecule has 0 spiro atoms. The SMILES string of the molecule is Sc1ccc(Br)c(Cl)c1Br. The number of hydrogen-bond acceptors (Lipinski definition) is 1. The minimum atomic E-state index is 0.660. The first kappa shape index (κ1) is 8.91. The second-order valence-electron chi connectivity index (χ2n) is 1.69. The van der Waals surface area contributed by atoms with Gasteiger partial charge in [0.2, 0.25) is 0 Å². The Morgan fingerprint density at radius 3 is 2.40 bits per heavy atom. The summed E-state index contributed by atoms with van der Waals surface area (Å²) in [7, 11) is 0. The molecule has 0 saturated carbocycles. The molecule has 0 N–H and O–H groups in total. The summed E-state index contributed by atoms with van der Waals surface area (Å²) in [6.45, 7) is 0. The van der Waals surface area contributed by atoms with E-state index in [1.807, 2.05) is 12.1 Å². The lowest BCUT2D eigenvalue weighted by Gasteiger charge is -2.00. The van der Waals surface area contributed by atoms with Gasteiger partial charge in [0, 0.05) is 9.37 Å². The van der Waals surface area contributed by atoms with Crippen LogP contribution < -0.4 is 0 Å². The third-order valence-electron chi connectivity index (χ3n) is 1.01. The summed E-state index contributed by atoms with van der Waals surface area (Å²) in [5.41, 5.74) is 0. The summed E-state index contributed by atoms with van der Waals surface area (Å²) < 4.78 is 1.70. The van der Waals surface area contributed by atoms with Crippen LogP contribution >= 0.6 is 56.1 Å². The molecule has 0 saturated heterocycles. The van der Waals surface area contributed by atoms with Crippen molar-refractivity contribution >= 4 is 56.1 Å². The molecule has 0 aliphatic rings. The normalized spacial score (nSPS) is 10.0. The van der Waals surface area contributed by atoms with Gasteiger partial charge in [-0.2, -0.15) is 0 Å². The molecule has 4 heteroatoms. The molecule has 0 radical (unpaired) electrons. The number of rotatable bonds is 0. The van der Waals surface area contributed by atoms with Crippen LogP contribution in [0.2, 0.25) is 5.02 Å². The zero-order valence-corrected chi connectivity index (χ0v) is 9.56. The van der Waals surface area contributed by atoms with Crippen LogP contribution in [0.15, 0.2) is 26.0 Å². The van der Waals surface area contributed by atoms with E-state index in [0.29, 0.717) is 5.02 Å². The van der Waals surface area contributed by atoms with Crippen LogP contribution in [0.25, 0.3) is 0 Å². The standard InChI is InChI=1S/C6H3Br2ClS/c7-3-1-2-4(10)5(8)6(3)9/h1-2,10H. The highest BCUT2D eigenvalue weighted by Crippen LogP contribution is 2.34. The third-order valence-corrected chi connectivity index (χ3v) is 4.03. The highest BCUT2D eigenvalue weighted by molar-refractivity contribution is 9.11. The van der Waals surface area contributed by atoms with E-state index in [-0.39, 0.29) is 0 Å². The zero-order valence-electron chi connectivity index (χ0n) is 4.74. The molecule has 0 atom stereocenters. The first-order valence-corrected chi connectivity index (χ1v) is 4.86. The molecule has 0 fully saturated rings. The Balaban J connectivity index is 3.34. The van der Waals surface area contributed by atoms with Gasteiger partial charge >= 0.3 is 0 Å². The molecule has 0 heterocycles. The Kier molecular flexibility index (Phi) is 3.10. The van der Waals surface area contributed by atoms with Gasteiger partial charge in [0.05, 0.1) is 9.50 Å². The largest absolute Gasteiger partial charge is 0.142 e. The smallest absolute Gasteiger partial charge is 0.0701 e. The molecule has 54 valence electrons. The van der Waals surface area contributed by atoms with Gasteiger partial charge in [0.15, 0.2) is 0 Å². The van der Waals surface area contributed by atoms with Crippen molar-refractivity contribution in [2.75, 3.05) is 0 Å². The fourth-order valence-electron chi connectivity index (χ4n) is 0.516. The van der Waals surface area contributed by atoms with E-state index in [1.54, 1.807) is 0 Å². The molecule has 0 aliphatic heterocycles. The summed E-state index contributed by atoms with van der Waals surface area (Å²) in [6.07, 6.45) is 0. The Labute approximate surface area is 86.6 Å². The maximum absolute atomic E-state index is 5.84. The van der Waals surface area contributed by atoms with Gasteiger partial charge in [-0.05, 0) is 44.0 Å². The van der Waals surface area contributed by atoms with Crippen LogP contribution in [0.4, 0.5) is 0 Å². The minimum absolute atomic E-state index is 0.660. The van der Waals surface area contributed by atoms with Crippen LogP contribution in [-0.4, -0.2) is 0 Å². The number of thiol groups is 1. The quantitative estimate of drug-likeness (QED) is 0.540. The molecule has 0 aliphatic carbocycles.